The van der Waals surface area contributed by atoms with Crippen LogP contribution in [0, 0.1) is 5.92 Å². The molecule has 2 atom stereocenters. The molecule has 3 rings (SSSR count). The molecule has 23 heavy (non-hydrogen) atoms. The van der Waals surface area contributed by atoms with Gasteiger partial charge in [-0.05, 0) is 42.4 Å². The molecule has 0 saturated heterocycles. The van der Waals surface area contributed by atoms with Gasteiger partial charge in [0.1, 0.15) is 0 Å². The van der Waals surface area contributed by atoms with Gasteiger partial charge in [-0.15, -0.1) is 0 Å². The predicted molar refractivity (Wildman–Crippen MR) is 93.5 cm³/mol. The lowest BCUT2D eigenvalue weighted by atomic mass is 10.1. The summed E-state index contributed by atoms with van der Waals surface area (Å²) in [4.78, 5) is 12.2. The summed E-state index contributed by atoms with van der Waals surface area (Å²) in [6, 6.07) is 18.5. The van der Waals surface area contributed by atoms with Gasteiger partial charge in [0.05, 0.1) is 5.71 Å². The highest BCUT2D eigenvalue weighted by Gasteiger charge is 2.43. The van der Waals surface area contributed by atoms with E-state index in [1.807, 2.05) is 37.3 Å². The van der Waals surface area contributed by atoms with Gasteiger partial charge in [0.2, 0.25) is 5.91 Å². The molecular weight excluding hydrogens is 284 g/mol. The first kappa shape index (κ1) is 15.5. The lowest BCUT2D eigenvalue weighted by Crippen LogP contribution is -2.21. The molecule has 3 nitrogen and oxygen atoms in total. The van der Waals surface area contributed by atoms with Crippen molar-refractivity contribution in [1.82, 2.24) is 5.43 Å². The van der Waals surface area contributed by atoms with Gasteiger partial charge in [-0.3, -0.25) is 4.79 Å². The second kappa shape index (κ2) is 6.78. The third-order valence-electron chi connectivity index (χ3n) is 4.47. The first-order chi connectivity index (χ1) is 11.2. The maximum atomic E-state index is 12.2. The first-order valence-electron chi connectivity index (χ1n) is 8.17. The lowest BCUT2D eigenvalue weighted by Gasteiger charge is -2.04. The summed E-state index contributed by atoms with van der Waals surface area (Å²) in [5, 5.41) is 4.26. The Labute approximate surface area is 137 Å². The van der Waals surface area contributed by atoms with Crippen molar-refractivity contribution in [1.29, 1.82) is 0 Å². The number of hydrazone groups is 1. The number of nitrogens with zero attached hydrogens (tertiary/aromatic N) is 1. The van der Waals surface area contributed by atoms with Crippen molar-refractivity contribution in [3.8, 4) is 0 Å². The minimum absolute atomic E-state index is 0.0170. The van der Waals surface area contributed by atoms with Crippen LogP contribution in [0.2, 0.25) is 0 Å². The van der Waals surface area contributed by atoms with E-state index in [0.717, 1.165) is 24.1 Å². The molecule has 1 amide bonds. The van der Waals surface area contributed by atoms with Crippen LogP contribution < -0.4 is 5.43 Å². The highest BCUT2D eigenvalue weighted by molar-refractivity contribution is 5.99. The molecule has 1 aliphatic rings. The Hall–Kier alpha value is -2.42. The number of hydrogen-bond acceptors (Lipinski definition) is 2. The van der Waals surface area contributed by atoms with Crippen LogP contribution in [0.25, 0.3) is 0 Å². The number of amides is 1. The fourth-order valence-electron chi connectivity index (χ4n) is 2.82. The molecule has 0 radical (unpaired) electrons. The average Bonchev–Trinajstić information content (AvgIpc) is 3.41. The topological polar surface area (TPSA) is 41.5 Å². The second-order valence-electron chi connectivity index (χ2n) is 6.08. The summed E-state index contributed by atoms with van der Waals surface area (Å²) in [5.74, 6) is 0.412. The Balaban J connectivity index is 1.58. The van der Waals surface area contributed by atoms with E-state index in [-0.39, 0.29) is 11.8 Å². The quantitative estimate of drug-likeness (QED) is 0.661. The molecule has 1 fully saturated rings. The van der Waals surface area contributed by atoms with E-state index in [9.17, 15) is 4.79 Å². The summed E-state index contributed by atoms with van der Waals surface area (Å²) in [6.07, 6.45) is 1.94. The minimum Gasteiger partial charge on any atom is -0.273 e. The summed E-state index contributed by atoms with van der Waals surface area (Å²) >= 11 is 0. The van der Waals surface area contributed by atoms with Gasteiger partial charge in [0.15, 0.2) is 0 Å². The van der Waals surface area contributed by atoms with Crippen LogP contribution in [-0.4, -0.2) is 11.6 Å². The molecular formula is C20H22N2O. The van der Waals surface area contributed by atoms with Gasteiger partial charge >= 0.3 is 0 Å². The molecule has 2 aromatic carbocycles. The van der Waals surface area contributed by atoms with Crippen LogP contribution in [0.1, 0.15) is 42.9 Å². The average molecular weight is 306 g/mol. The zero-order chi connectivity index (χ0) is 16.2. The Bertz CT molecular complexity index is 704. The monoisotopic (exact) mass is 306 g/mol. The normalized spacial score (nSPS) is 20.2. The number of rotatable bonds is 5. The van der Waals surface area contributed by atoms with Crippen molar-refractivity contribution in [2.75, 3.05) is 0 Å². The molecule has 0 bridgehead atoms. The van der Waals surface area contributed by atoms with Crippen molar-refractivity contribution in [2.24, 2.45) is 11.0 Å². The van der Waals surface area contributed by atoms with E-state index >= 15 is 0 Å². The molecule has 2 aromatic rings. The van der Waals surface area contributed by atoms with Gasteiger partial charge < -0.3 is 0 Å². The van der Waals surface area contributed by atoms with Crippen molar-refractivity contribution < 1.29 is 4.79 Å². The van der Waals surface area contributed by atoms with E-state index < -0.39 is 0 Å². The Morgan fingerprint density at radius 2 is 1.83 bits per heavy atom. The van der Waals surface area contributed by atoms with Crippen LogP contribution in [-0.2, 0) is 11.2 Å². The van der Waals surface area contributed by atoms with Crippen LogP contribution >= 0.6 is 0 Å². The largest absolute Gasteiger partial charge is 0.273 e. The Morgan fingerprint density at radius 3 is 2.48 bits per heavy atom. The van der Waals surface area contributed by atoms with E-state index in [1.54, 1.807) is 0 Å². The van der Waals surface area contributed by atoms with Crippen molar-refractivity contribution in [3.63, 3.8) is 0 Å². The summed E-state index contributed by atoms with van der Waals surface area (Å²) in [6.45, 7) is 4.05. The zero-order valence-corrected chi connectivity index (χ0v) is 13.6. The molecule has 1 saturated carbocycles. The number of hydrogen-bond donors (Lipinski definition) is 1. The fourth-order valence-corrected chi connectivity index (χ4v) is 2.82. The second-order valence-corrected chi connectivity index (χ2v) is 6.08. The number of carbonyl (C=O) groups is 1. The van der Waals surface area contributed by atoms with Crippen LogP contribution in [0.4, 0.5) is 0 Å². The molecule has 0 spiro atoms. The number of nitrogens with one attached hydrogen (secondary N) is 1. The summed E-state index contributed by atoms with van der Waals surface area (Å²) in [5.41, 5.74) is 7.13. The Kier molecular flexibility index (Phi) is 4.56. The van der Waals surface area contributed by atoms with Gasteiger partial charge in [-0.1, -0.05) is 61.5 Å². The van der Waals surface area contributed by atoms with Crippen LogP contribution in [0.5, 0.6) is 0 Å². The fraction of sp³-hybridized carbons (Fsp3) is 0.300. The van der Waals surface area contributed by atoms with E-state index in [4.69, 9.17) is 0 Å². The van der Waals surface area contributed by atoms with Crippen molar-refractivity contribution in [2.45, 2.75) is 32.6 Å². The molecule has 1 N–H and O–H groups in total. The molecule has 2 unspecified atom stereocenters. The summed E-state index contributed by atoms with van der Waals surface area (Å²) < 4.78 is 0. The third kappa shape index (κ3) is 3.67. The summed E-state index contributed by atoms with van der Waals surface area (Å²) in [7, 11) is 0. The standard InChI is InChI=1S/C20H22N2O/c1-3-15-9-11-16(12-10-15)14(2)21-22-20(23)19-13-18(19)17-7-5-4-6-8-17/h4-12,18-19H,3,13H2,1-2H3,(H,22,23). The van der Waals surface area contributed by atoms with Gasteiger partial charge in [-0.2, -0.15) is 5.10 Å². The predicted octanol–water partition coefficient (Wildman–Crippen LogP) is 3.89. The van der Waals surface area contributed by atoms with Crippen LogP contribution in [0.3, 0.4) is 0 Å². The number of benzene rings is 2. The molecule has 0 aromatic heterocycles. The van der Waals surface area contributed by atoms with Crippen molar-refractivity contribution >= 4 is 11.6 Å². The number of carbonyl (C=O) groups excluding carboxylic acids is 1. The molecule has 118 valence electrons. The molecule has 1 aliphatic carbocycles. The van der Waals surface area contributed by atoms with E-state index in [1.165, 1.54) is 11.1 Å². The molecule has 0 aliphatic heterocycles. The highest BCUT2D eigenvalue weighted by Crippen LogP contribution is 2.47. The first-order valence-corrected chi connectivity index (χ1v) is 8.17. The molecule has 3 heteroatoms. The number of aryl methyl sites for hydroxylation is 1. The minimum atomic E-state index is 0.0170. The third-order valence-corrected chi connectivity index (χ3v) is 4.47. The maximum Gasteiger partial charge on any atom is 0.243 e. The van der Waals surface area contributed by atoms with E-state index in [2.05, 4.69) is 41.7 Å². The van der Waals surface area contributed by atoms with E-state index in [0.29, 0.717) is 5.92 Å². The highest BCUT2D eigenvalue weighted by atomic mass is 16.2. The lowest BCUT2D eigenvalue weighted by molar-refractivity contribution is -0.122. The maximum absolute atomic E-state index is 12.2. The van der Waals surface area contributed by atoms with Gasteiger partial charge in [0, 0.05) is 5.92 Å². The Morgan fingerprint density at radius 1 is 1.13 bits per heavy atom. The smallest absolute Gasteiger partial charge is 0.243 e. The molecule has 0 heterocycles. The van der Waals surface area contributed by atoms with Crippen molar-refractivity contribution in [3.05, 3.63) is 71.3 Å². The van der Waals surface area contributed by atoms with Gasteiger partial charge in [0.25, 0.3) is 0 Å². The SMILES string of the molecule is CCc1ccc(C(C)=NNC(=O)C2CC2c2ccccc2)cc1. The zero-order valence-electron chi connectivity index (χ0n) is 13.6. The van der Waals surface area contributed by atoms with Crippen LogP contribution in [0.15, 0.2) is 59.7 Å². The van der Waals surface area contributed by atoms with Gasteiger partial charge in [-0.25, -0.2) is 5.43 Å².